The number of carbonyl (C=O) groups excluding carboxylic acids is 1. The first-order chi connectivity index (χ1) is 13.8. The Bertz CT molecular complexity index is 1040. The van der Waals surface area contributed by atoms with E-state index in [1.807, 2.05) is 61.0 Å². The third-order valence-electron chi connectivity index (χ3n) is 3.82. The Kier molecular flexibility index (Phi) is 7.60. The molecular formula is C23H19NO2S2. The van der Waals surface area contributed by atoms with Gasteiger partial charge in [-0.2, -0.15) is 0 Å². The highest BCUT2D eigenvalue weighted by Gasteiger charge is 2.07. The number of esters is 1. The zero-order chi connectivity index (χ0) is 19.6. The smallest absolute Gasteiger partial charge is 0.331 e. The molecule has 0 saturated heterocycles. The summed E-state index contributed by atoms with van der Waals surface area (Å²) in [5.74, 6) is 6.19. The third kappa shape index (κ3) is 5.66. The minimum absolute atomic E-state index is 0.0883. The molecule has 3 aromatic rings. The van der Waals surface area contributed by atoms with Gasteiger partial charge in [-0.1, -0.05) is 60.4 Å². The van der Waals surface area contributed by atoms with Crippen LogP contribution in [0.1, 0.15) is 5.56 Å². The first-order valence-electron chi connectivity index (χ1n) is 8.68. The lowest BCUT2D eigenvalue weighted by atomic mass is 10.2. The molecule has 1 heterocycles. The van der Waals surface area contributed by atoms with Gasteiger partial charge in [0.15, 0.2) is 6.61 Å². The molecule has 0 N–H and O–H groups in total. The van der Waals surface area contributed by atoms with Gasteiger partial charge in [0.1, 0.15) is 0 Å². The topological polar surface area (TPSA) is 39.2 Å². The Morgan fingerprint density at radius 1 is 1.11 bits per heavy atom. The van der Waals surface area contributed by atoms with Gasteiger partial charge in [-0.3, -0.25) is 4.98 Å². The molecule has 0 aliphatic heterocycles. The maximum atomic E-state index is 11.7. The average Bonchev–Trinajstić information content (AvgIpc) is 2.75. The van der Waals surface area contributed by atoms with Crippen molar-refractivity contribution in [1.29, 1.82) is 0 Å². The van der Waals surface area contributed by atoms with Gasteiger partial charge in [-0.15, -0.1) is 23.5 Å². The van der Waals surface area contributed by atoms with Crippen LogP contribution in [0, 0.1) is 11.8 Å². The molecule has 0 saturated carbocycles. The van der Waals surface area contributed by atoms with Crippen LogP contribution in [-0.4, -0.2) is 29.6 Å². The number of ether oxygens (including phenoxy) is 1. The van der Waals surface area contributed by atoms with Gasteiger partial charge >= 0.3 is 5.97 Å². The molecule has 0 amide bonds. The Morgan fingerprint density at radius 3 is 2.71 bits per heavy atom. The summed E-state index contributed by atoms with van der Waals surface area (Å²) < 4.78 is 5.11. The molecule has 0 aliphatic carbocycles. The van der Waals surface area contributed by atoms with Crippen LogP contribution in [0.4, 0.5) is 0 Å². The molecule has 140 valence electrons. The normalized spacial score (nSPS) is 10.6. The van der Waals surface area contributed by atoms with E-state index < -0.39 is 5.97 Å². The molecule has 0 atom stereocenters. The van der Waals surface area contributed by atoms with E-state index in [1.165, 1.54) is 11.0 Å². The number of carbonyl (C=O) groups is 1. The number of hydrogen-bond acceptors (Lipinski definition) is 5. The number of nitrogens with zero attached hydrogens (tertiary/aromatic N) is 1. The fourth-order valence-electron chi connectivity index (χ4n) is 2.49. The van der Waals surface area contributed by atoms with Gasteiger partial charge in [0.25, 0.3) is 0 Å². The van der Waals surface area contributed by atoms with E-state index in [4.69, 9.17) is 4.74 Å². The predicted octanol–water partition coefficient (Wildman–Crippen LogP) is 5.31. The summed E-state index contributed by atoms with van der Waals surface area (Å²) in [6.45, 7) is 0.0883. The fraction of sp³-hybridized carbons (Fsp3) is 0.130. The van der Waals surface area contributed by atoms with E-state index in [1.54, 1.807) is 29.6 Å². The Balaban J connectivity index is 1.51. The third-order valence-corrected chi connectivity index (χ3v) is 5.72. The molecule has 3 rings (SSSR count). The van der Waals surface area contributed by atoms with Crippen molar-refractivity contribution in [1.82, 2.24) is 4.98 Å². The molecule has 5 heteroatoms. The molecule has 3 nitrogen and oxygen atoms in total. The summed E-state index contributed by atoms with van der Waals surface area (Å²) in [4.78, 5) is 18.5. The lowest BCUT2D eigenvalue weighted by molar-refractivity contribution is -0.136. The van der Waals surface area contributed by atoms with Gasteiger partial charge in [0.2, 0.25) is 0 Å². The van der Waals surface area contributed by atoms with Crippen LogP contribution in [0.15, 0.2) is 76.7 Å². The van der Waals surface area contributed by atoms with Gasteiger partial charge in [0.05, 0.1) is 11.3 Å². The predicted molar refractivity (Wildman–Crippen MR) is 118 cm³/mol. The van der Waals surface area contributed by atoms with Crippen LogP contribution in [-0.2, 0) is 9.53 Å². The van der Waals surface area contributed by atoms with Crippen LogP contribution < -0.4 is 0 Å². The van der Waals surface area contributed by atoms with Crippen molar-refractivity contribution >= 4 is 46.5 Å². The van der Waals surface area contributed by atoms with Crippen molar-refractivity contribution in [2.45, 2.75) is 9.79 Å². The lowest BCUT2D eigenvalue weighted by Gasteiger charge is -2.08. The van der Waals surface area contributed by atoms with Gasteiger partial charge < -0.3 is 4.74 Å². The Morgan fingerprint density at radius 2 is 1.89 bits per heavy atom. The first kappa shape index (κ1) is 20.1. The number of thioether (sulfide) groups is 2. The number of hydrogen-bond donors (Lipinski definition) is 0. The van der Waals surface area contributed by atoms with E-state index in [0.717, 1.165) is 21.4 Å². The highest BCUT2D eigenvalue weighted by molar-refractivity contribution is 8.02. The quantitative estimate of drug-likeness (QED) is 0.241. The molecule has 28 heavy (non-hydrogen) atoms. The zero-order valence-electron chi connectivity index (χ0n) is 15.4. The molecule has 1 aromatic heterocycles. The largest absolute Gasteiger partial charge is 0.449 e. The summed E-state index contributed by atoms with van der Waals surface area (Å²) in [7, 11) is 0. The summed E-state index contributed by atoms with van der Waals surface area (Å²) >= 11 is 3.36. The average molecular weight is 406 g/mol. The summed E-state index contributed by atoms with van der Waals surface area (Å²) in [6.07, 6.45) is 7.09. The SMILES string of the molecule is CSc1cnc2ccccc2c1SCC#CCOC(=O)/C=C/c1ccccc1. The second-order valence-corrected chi connectivity index (χ2v) is 7.50. The van der Waals surface area contributed by atoms with E-state index in [9.17, 15) is 4.79 Å². The molecule has 0 unspecified atom stereocenters. The number of fused-ring (bicyclic) bond motifs is 1. The second-order valence-electron chi connectivity index (χ2n) is 5.67. The van der Waals surface area contributed by atoms with Crippen molar-refractivity contribution in [2.24, 2.45) is 0 Å². The first-order valence-corrected chi connectivity index (χ1v) is 10.9. The number of pyridine rings is 1. The molecule has 0 fully saturated rings. The van der Waals surface area contributed by atoms with E-state index in [0.29, 0.717) is 5.75 Å². The fourth-order valence-corrected chi connectivity index (χ4v) is 4.21. The van der Waals surface area contributed by atoms with Gasteiger partial charge in [0, 0.05) is 27.5 Å². The molecular weight excluding hydrogens is 386 g/mol. The maximum Gasteiger partial charge on any atom is 0.331 e. The highest BCUT2D eigenvalue weighted by atomic mass is 32.2. The summed E-state index contributed by atoms with van der Waals surface area (Å²) in [5, 5.41) is 1.14. The zero-order valence-corrected chi connectivity index (χ0v) is 17.1. The molecule has 0 spiro atoms. The standard InChI is InChI=1S/C23H19NO2S2/c1-27-21-17-24-20-12-6-5-11-19(20)23(21)28-16-8-7-15-26-22(25)14-13-18-9-3-2-4-10-18/h2-6,9-14,17H,15-16H2,1H3/b14-13+. The lowest BCUT2D eigenvalue weighted by Crippen LogP contribution is -2.00. The number of benzene rings is 2. The highest BCUT2D eigenvalue weighted by Crippen LogP contribution is 2.34. The van der Waals surface area contributed by atoms with E-state index in [2.05, 4.69) is 22.9 Å². The van der Waals surface area contributed by atoms with Crippen molar-refractivity contribution < 1.29 is 9.53 Å². The maximum absolute atomic E-state index is 11.7. The van der Waals surface area contributed by atoms with Crippen molar-refractivity contribution in [3.05, 3.63) is 72.4 Å². The van der Waals surface area contributed by atoms with Crippen LogP contribution in [0.25, 0.3) is 17.0 Å². The van der Waals surface area contributed by atoms with Gasteiger partial charge in [-0.25, -0.2) is 4.79 Å². The molecule has 0 aliphatic rings. The molecule has 2 aromatic carbocycles. The second kappa shape index (κ2) is 10.6. The minimum atomic E-state index is -0.393. The van der Waals surface area contributed by atoms with Crippen molar-refractivity contribution in [3.8, 4) is 11.8 Å². The van der Waals surface area contributed by atoms with E-state index in [-0.39, 0.29) is 6.61 Å². The van der Waals surface area contributed by atoms with Crippen LogP contribution in [0.3, 0.4) is 0 Å². The number of para-hydroxylation sites is 1. The Labute approximate surface area is 173 Å². The Hall–Kier alpha value is -2.68. The monoisotopic (exact) mass is 405 g/mol. The molecule has 0 radical (unpaired) electrons. The summed E-state index contributed by atoms with van der Waals surface area (Å²) in [5.41, 5.74) is 1.94. The molecule has 0 bridgehead atoms. The van der Waals surface area contributed by atoms with E-state index >= 15 is 0 Å². The van der Waals surface area contributed by atoms with Crippen LogP contribution in [0.2, 0.25) is 0 Å². The summed E-state index contributed by atoms with van der Waals surface area (Å²) in [6, 6.07) is 17.7. The number of aromatic nitrogens is 1. The van der Waals surface area contributed by atoms with Crippen LogP contribution in [0.5, 0.6) is 0 Å². The minimum Gasteiger partial charge on any atom is -0.449 e. The van der Waals surface area contributed by atoms with Crippen LogP contribution >= 0.6 is 23.5 Å². The van der Waals surface area contributed by atoms with Crippen molar-refractivity contribution in [2.75, 3.05) is 18.6 Å². The number of rotatable bonds is 6. The van der Waals surface area contributed by atoms with Crippen molar-refractivity contribution in [3.63, 3.8) is 0 Å². The van der Waals surface area contributed by atoms with Gasteiger partial charge in [-0.05, 0) is 24.0 Å².